The van der Waals surface area contributed by atoms with Gasteiger partial charge in [-0.25, -0.2) is 35.6 Å². The van der Waals surface area contributed by atoms with Crippen molar-refractivity contribution < 1.29 is 35.5 Å². The second kappa shape index (κ2) is 14.6. The van der Waals surface area contributed by atoms with Crippen LogP contribution < -0.4 is 0 Å². The Balaban J connectivity index is 0.000000168. The lowest BCUT2D eigenvalue weighted by atomic mass is 9.91. The Kier molecular flexibility index (Phi) is 10.1. The summed E-state index contributed by atoms with van der Waals surface area (Å²) in [6, 6.07) is 12.9. The van der Waals surface area contributed by atoms with Crippen LogP contribution in [0.3, 0.4) is 0 Å². The van der Waals surface area contributed by atoms with Crippen LogP contribution in [-0.4, -0.2) is 87.2 Å². The highest BCUT2D eigenvalue weighted by atomic mass is 32.2. The molecule has 0 radical (unpaired) electrons. The molecule has 0 bridgehead atoms. The molecule has 4 heterocycles. The van der Waals surface area contributed by atoms with E-state index in [0.29, 0.717) is 37.8 Å². The van der Waals surface area contributed by atoms with Crippen LogP contribution in [0.15, 0.2) is 89.0 Å². The predicted molar refractivity (Wildman–Crippen MR) is 196 cm³/mol. The zero-order valence-corrected chi connectivity index (χ0v) is 31.0. The molecule has 6 aromatic rings. The zero-order valence-electron chi connectivity index (χ0n) is 29.4. The number of aromatic nitrogens is 5. The normalized spacial score (nSPS) is 17.3. The van der Waals surface area contributed by atoms with Gasteiger partial charge in [0.25, 0.3) is 0 Å². The van der Waals surface area contributed by atoms with Gasteiger partial charge in [0.05, 0.1) is 9.79 Å². The van der Waals surface area contributed by atoms with Crippen LogP contribution >= 0.6 is 0 Å². The third kappa shape index (κ3) is 6.99. The fourth-order valence-electron chi connectivity index (χ4n) is 7.41. The molecule has 2 aromatic carbocycles. The summed E-state index contributed by atoms with van der Waals surface area (Å²) in [5.74, 6) is -1.90. The highest BCUT2D eigenvalue weighted by molar-refractivity contribution is 7.89. The van der Waals surface area contributed by atoms with E-state index in [-0.39, 0.29) is 28.4 Å². The number of nitrogens with one attached hydrogen (secondary N) is 1. The summed E-state index contributed by atoms with van der Waals surface area (Å²) in [6.45, 7) is -0.183. The molecule has 13 nitrogen and oxygen atoms in total. The molecule has 0 fully saturated rings. The molecule has 4 aromatic heterocycles. The van der Waals surface area contributed by atoms with Crippen LogP contribution in [0.1, 0.15) is 35.4 Å². The van der Waals surface area contributed by atoms with Gasteiger partial charge in [-0.1, -0.05) is 0 Å². The number of rotatable bonds is 8. The van der Waals surface area contributed by atoms with Crippen LogP contribution in [0.4, 0.5) is 8.78 Å². The van der Waals surface area contributed by atoms with Crippen molar-refractivity contribution >= 4 is 48.2 Å². The van der Waals surface area contributed by atoms with E-state index in [2.05, 4.69) is 19.9 Å². The van der Waals surface area contributed by atoms with E-state index in [1.54, 1.807) is 36.3 Å². The van der Waals surface area contributed by atoms with E-state index in [9.17, 15) is 35.5 Å². The number of aromatic amines is 1. The maximum Gasteiger partial charge on any atom is 0.323 e. The van der Waals surface area contributed by atoms with E-state index >= 15 is 0 Å². The predicted octanol–water partition coefficient (Wildman–Crippen LogP) is 4.71. The van der Waals surface area contributed by atoms with Crippen LogP contribution in [0, 0.1) is 11.6 Å². The number of benzene rings is 2. The summed E-state index contributed by atoms with van der Waals surface area (Å²) in [4.78, 5) is 27.7. The quantitative estimate of drug-likeness (QED) is 0.222. The minimum Gasteiger partial charge on any atom is -0.480 e. The Labute approximate surface area is 310 Å². The van der Waals surface area contributed by atoms with Gasteiger partial charge in [-0.3, -0.25) is 9.78 Å². The summed E-state index contributed by atoms with van der Waals surface area (Å²) in [7, 11) is -4.34. The number of halogens is 2. The van der Waals surface area contributed by atoms with Gasteiger partial charge in [0.1, 0.15) is 29.3 Å². The molecular weight excluding hydrogens is 741 g/mol. The minimum atomic E-state index is -3.77. The first-order valence-electron chi connectivity index (χ1n) is 17.2. The molecular formula is C37H37F2N7O6S2. The van der Waals surface area contributed by atoms with Crippen molar-refractivity contribution in [1.29, 1.82) is 0 Å². The van der Waals surface area contributed by atoms with Crippen molar-refractivity contribution in [2.75, 3.05) is 14.1 Å². The summed E-state index contributed by atoms with van der Waals surface area (Å²) in [5.41, 5.74) is 6.07. The molecule has 54 heavy (non-hydrogen) atoms. The van der Waals surface area contributed by atoms with Crippen molar-refractivity contribution in [3.05, 3.63) is 113 Å². The van der Waals surface area contributed by atoms with Gasteiger partial charge in [0.15, 0.2) is 5.65 Å². The Morgan fingerprint density at radius 2 is 1.35 bits per heavy atom. The van der Waals surface area contributed by atoms with Crippen LogP contribution in [-0.2, 0) is 57.1 Å². The number of carboxylic acids is 1. The Morgan fingerprint density at radius 1 is 0.796 bits per heavy atom. The monoisotopic (exact) mass is 777 g/mol. The molecule has 0 saturated heterocycles. The first-order valence-corrected chi connectivity index (χ1v) is 20.1. The Morgan fingerprint density at radius 3 is 1.94 bits per heavy atom. The fraction of sp³-hybridized carbons (Fsp3) is 0.297. The van der Waals surface area contributed by atoms with E-state index in [1.165, 1.54) is 39.9 Å². The van der Waals surface area contributed by atoms with Gasteiger partial charge >= 0.3 is 5.97 Å². The number of hydrogen-bond donors (Lipinski definition) is 2. The van der Waals surface area contributed by atoms with Gasteiger partial charge in [-0.05, 0) is 105 Å². The second-order valence-electron chi connectivity index (χ2n) is 13.4. The van der Waals surface area contributed by atoms with Gasteiger partial charge in [0.2, 0.25) is 20.0 Å². The molecule has 0 amide bonds. The molecule has 17 heteroatoms. The molecule has 2 atom stereocenters. The zero-order chi connectivity index (χ0) is 38.4. The van der Waals surface area contributed by atoms with Crippen LogP contribution in [0.5, 0.6) is 0 Å². The van der Waals surface area contributed by atoms with Crippen molar-refractivity contribution in [2.45, 2.75) is 66.9 Å². The number of nitrogens with zero attached hydrogens (tertiary/aromatic N) is 6. The number of aryl methyl sites for hydroxylation is 1. The number of sulfonamides is 2. The molecule has 2 N–H and O–H groups in total. The van der Waals surface area contributed by atoms with Crippen LogP contribution in [0.2, 0.25) is 0 Å². The van der Waals surface area contributed by atoms with Crippen molar-refractivity contribution in [3.63, 3.8) is 0 Å². The summed E-state index contributed by atoms with van der Waals surface area (Å²) >= 11 is 0. The minimum absolute atomic E-state index is 0.0437. The van der Waals surface area contributed by atoms with Crippen molar-refractivity contribution in [3.8, 4) is 0 Å². The topological polar surface area (TPSA) is 171 Å². The van der Waals surface area contributed by atoms with Gasteiger partial charge in [0, 0.05) is 67.1 Å². The SMILES string of the molecule is CN(C1CCc2[nH]c3nccnc3c2C1)S(=O)(=O)c1ccc(F)cc1.CN(C1CCc2c(c3cccnc3n2CC(=O)O)C1)S(=O)(=O)c1ccc(F)cc1. The van der Waals surface area contributed by atoms with Gasteiger partial charge < -0.3 is 14.7 Å². The number of pyridine rings is 1. The lowest BCUT2D eigenvalue weighted by molar-refractivity contribution is -0.137. The highest BCUT2D eigenvalue weighted by Crippen LogP contribution is 2.34. The van der Waals surface area contributed by atoms with Gasteiger partial charge in [-0.2, -0.15) is 8.61 Å². The molecule has 282 valence electrons. The summed E-state index contributed by atoms with van der Waals surface area (Å²) in [6.07, 6.45) is 8.47. The largest absolute Gasteiger partial charge is 0.480 e. The number of likely N-dealkylation sites (N-methyl/N-ethyl adjacent to an activating group) is 2. The third-order valence-corrected chi connectivity index (χ3v) is 14.1. The average Bonchev–Trinajstić information content (AvgIpc) is 3.69. The van der Waals surface area contributed by atoms with E-state index < -0.39 is 37.7 Å². The summed E-state index contributed by atoms with van der Waals surface area (Å²) in [5, 5.41) is 10.1. The first-order chi connectivity index (χ1) is 25.8. The Hall–Kier alpha value is -5.10. The number of carbonyl (C=O) groups is 1. The molecule has 2 unspecified atom stereocenters. The highest BCUT2D eigenvalue weighted by Gasteiger charge is 2.35. The maximum absolute atomic E-state index is 13.2. The number of H-pyrrole nitrogens is 1. The standard InChI is InChI=1S/C20H20FN3O4S.C17H17FN4O2S/c1-23(29(27,28)15-7-4-13(21)5-8-15)14-6-9-18-17(11-14)16-3-2-10-22-20(16)24(18)12-19(25)26;1-22(25(23,24)13-5-2-11(18)3-6-13)12-4-7-15-14(10-12)16-17(21-15)20-9-8-19-16/h2-5,7-8,10,14H,6,9,11-12H2,1H3,(H,25,26);2-3,5-6,8-9,12H,4,7,10H2,1H3,(H,20,21). The van der Waals surface area contributed by atoms with E-state index in [0.717, 1.165) is 69.8 Å². The fourth-order valence-corrected chi connectivity index (χ4v) is 10.2. The van der Waals surface area contributed by atoms with Crippen molar-refractivity contribution in [2.24, 2.45) is 0 Å². The first kappa shape index (κ1) is 37.2. The van der Waals surface area contributed by atoms with Crippen LogP contribution in [0.25, 0.3) is 22.2 Å². The van der Waals surface area contributed by atoms with E-state index in [1.807, 2.05) is 6.07 Å². The lowest BCUT2D eigenvalue weighted by Gasteiger charge is -2.31. The van der Waals surface area contributed by atoms with Gasteiger partial charge in [-0.15, -0.1) is 0 Å². The molecule has 0 aliphatic heterocycles. The smallest absolute Gasteiger partial charge is 0.323 e. The third-order valence-electron chi connectivity index (χ3n) is 10.3. The average molecular weight is 778 g/mol. The number of carboxylic acid groups (broad SMARTS) is 1. The maximum atomic E-state index is 13.2. The summed E-state index contributed by atoms with van der Waals surface area (Å²) < 4.78 is 82.3. The molecule has 0 spiro atoms. The molecule has 0 saturated carbocycles. The number of aliphatic carboxylic acids is 1. The van der Waals surface area contributed by atoms with E-state index in [4.69, 9.17) is 0 Å². The Bertz CT molecular complexity index is 2580. The van der Waals surface area contributed by atoms with Crippen molar-refractivity contribution in [1.82, 2.24) is 33.1 Å². The number of fused-ring (bicyclic) bond motifs is 6. The lowest BCUT2D eigenvalue weighted by Crippen LogP contribution is -2.40. The molecule has 2 aliphatic carbocycles. The molecule has 8 rings (SSSR count). The second-order valence-corrected chi connectivity index (χ2v) is 17.4. The molecule has 2 aliphatic rings. The number of hydrogen-bond acceptors (Lipinski definition) is 8.